The monoisotopic (exact) mass is 462 g/mol. The van der Waals surface area contributed by atoms with Crippen LogP contribution in [-0.2, 0) is 19.8 Å². The van der Waals surface area contributed by atoms with E-state index in [-0.39, 0.29) is 30.1 Å². The van der Waals surface area contributed by atoms with Gasteiger partial charge in [-0.15, -0.1) is 0 Å². The lowest BCUT2D eigenvalue weighted by atomic mass is 9.98. The zero-order valence-corrected chi connectivity index (χ0v) is 18.0. The van der Waals surface area contributed by atoms with E-state index in [1.54, 1.807) is 26.0 Å². The highest BCUT2D eigenvalue weighted by Gasteiger charge is 2.37. The minimum absolute atomic E-state index is 0.0256. The number of hydrogen-bond donors (Lipinski definition) is 1. The second-order valence-corrected chi connectivity index (χ2v) is 8.21. The van der Waals surface area contributed by atoms with Gasteiger partial charge in [0.15, 0.2) is 0 Å². The van der Waals surface area contributed by atoms with Gasteiger partial charge in [-0.1, -0.05) is 18.2 Å². The summed E-state index contributed by atoms with van der Waals surface area (Å²) in [5.41, 5.74) is -2.40. The molecule has 2 rings (SSSR count). The van der Waals surface area contributed by atoms with Gasteiger partial charge < -0.3 is 19.1 Å². The van der Waals surface area contributed by atoms with Gasteiger partial charge >= 0.3 is 13.8 Å². The van der Waals surface area contributed by atoms with Crippen LogP contribution in [0.1, 0.15) is 19.4 Å². The van der Waals surface area contributed by atoms with Gasteiger partial charge in [0.05, 0.1) is 36.4 Å². The molecule has 0 aromatic heterocycles. The highest BCUT2D eigenvalue weighted by Crippen LogP contribution is 2.49. The summed E-state index contributed by atoms with van der Waals surface area (Å²) >= 11 is 0. The van der Waals surface area contributed by atoms with Crippen molar-refractivity contribution in [2.24, 2.45) is 0 Å². The van der Waals surface area contributed by atoms with E-state index in [1.807, 2.05) is 0 Å². The molecular formula is C19H22F3N2O6P. The lowest BCUT2D eigenvalue weighted by molar-refractivity contribution is -0.384. The van der Waals surface area contributed by atoms with Crippen LogP contribution in [0.2, 0.25) is 0 Å². The third kappa shape index (κ3) is 5.96. The molecule has 31 heavy (non-hydrogen) atoms. The van der Waals surface area contributed by atoms with Crippen LogP contribution < -0.4 is 10.1 Å². The first kappa shape index (κ1) is 24.6. The number of ether oxygens (including phenoxy) is 1. The first-order chi connectivity index (χ1) is 14.6. The zero-order chi connectivity index (χ0) is 23.2. The lowest BCUT2D eigenvalue weighted by Crippen LogP contribution is -2.14. The van der Waals surface area contributed by atoms with E-state index in [9.17, 15) is 27.9 Å². The van der Waals surface area contributed by atoms with Gasteiger partial charge in [-0.3, -0.25) is 14.7 Å². The Morgan fingerprint density at radius 3 is 2.23 bits per heavy atom. The van der Waals surface area contributed by atoms with Crippen LogP contribution in [-0.4, -0.2) is 31.5 Å². The molecule has 0 unspecified atom stereocenters. The smallest absolute Gasteiger partial charge is 0.418 e. The van der Waals surface area contributed by atoms with Crippen molar-refractivity contribution in [2.45, 2.75) is 20.0 Å². The Balaban J connectivity index is 2.66. The molecule has 0 aliphatic heterocycles. The molecule has 0 aliphatic carbocycles. The standard InChI is InChI=1S/C19H22F3N2O6P/c1-4-29-31(27,30-5-2)12-23-16-10-14(13-8-6-7-9-18(13)28-3)17(24(25)26)11-15(16)19(20,21)22/h6-11,23H,4-5,12H2,1-3H3. The van der Waals surface area contributed by atoms with Gasteiger partial charge in [-0.25, -0.2) is 0 Å². The molecule has 0 aliphatic rings. The van der Waals surface area contributed by atoms with Crippen molar-refractivity contribution in [2.75, 3.05) is 31.9 Å². The fourth-order valence-electron chi connectivity index (χ4n) is 2.91. The fourth-order valence-corrected chi connectivity index (χ4v) is 4.31. The molecule has 0 saturated heterocycles. The van der Waals surface area contributed by atoms with Gasteiger partial charge in [0.2, 0.25) is 0 Å². The van der Waals surface area contributed by atoms with E-state index in [2.05, 4.69) is 5.32 Å². The summed E-state index contributed by atoms with van der Waals surface area (Å²) in [6.07, 6.45) is -5.46. The molecule has 170 valence electrons. The maximum atomic E-state index is 13.7. The molecule has 0 atom stereocenters. The molecule has 1 N–H and O–H groups in total. The molecule has 2 aromatic rings. The predicted octanol–water partition coefficient (Wildman–Crippen LogP) is 5.92. The van der Waals surface area contributed by atoms with Crippen molar-refractivity contribution >= 4 is 19.0 Å². The molecule has 12 heteroatoms. The van der Waals surface area contributed by atoms with Gasteiger partial charge in [0, 0.05) is 17.3 Å². The van der Waals surface area contributed by atoms with E-state index in [1.165, 1.54) is 19.2 Å². The van der Waals surface area contributed by atoms with Crippen molar-refractivity contribution in [3.8, 4) is 16.9 Å². The van der Waals surface area contributed by atoms with E-state index >= 15 is 0 Å². The number of nitro benzene ring substituents is 1. The molecule has 0 heterocycles. The van der Waals surface area contributed by atoms with Crippen molar-refractivity contribution in [3.05, 3.63) is 52.1 Å². The highest BCUT2D eigenvalue weighted by atomic mass is 31.2. The molecule has 0 radical (unpaired) electrons. The Morgan fingerprint density at radius 2 is 1.71 bits per heavy atom. The number of methoxy groups -OCH3 is 1. The maximum absolute atomic E-state index is 13.7. The third-order valence-electron chi connectivity index (χ3n) is 4.15. The Morgan fingerprint density at radius 1 is 1.10 bits per heavy atom. The Bertz CT molecular complexity index is 974. The number of nitro groups is 1. The average Bonchev–Trinajstić information content (AvgIpc) is 2.71. The first-order valence-electron chi connectivity index (χ1n) is 9.21. The molecule has 8 nitrogen and oxygen atoms in total. The molecule has 0 amide bonds. The van der Waals surface area contributed by atoms with E-state index < -0.39 is 41.9 Å². The van der Waals surface area contributed by atoms with Gasteiger partial charge in [0.1, 0.15) is 12.0 Å². The largest absolute Gasteiger partial charge is 0.496 e. The van der Waals surface area contributed by atoms with Gasteiger partial charge in [-0.2, -0.15) is 13.2 Å². The summed E-state index contributed by atoms with van der Waals surface area (Å²) in [5, 5.41) is 14.0. The fraction of sp³-hybridized carbons (Fsp3) is 0.368. The number of halogens is 3. The molecular weight excluding hydrogens is 440 g/mol. The normalized spacial score (nSPS) is 11.9. The van der Waals surface area contributed by atoms with Crippen LogP contribution in [0.4, 0.5) is 24.5 Å². The van der Waals surface area contributed by atoms with Crippen molar-refractivity contribution < 1.29 is 36.4 Å². The van der Waals surface area contributed by atoms with Crippen LogP contribution in [0.5, 0.6) is 5.75 Å². The quantitative estimate of drug-likeness (QED) is 0.266. The number of rotatable bonds is 10. The summed E-state index contributed by atoms with van der Waals surface area (Å²) in [4.78, 5) is 10.7. The minimum Gasteiger partial charge on any atom is -0.496 e. The topological polar surface area (TPSA) is 99.9 Å². The van der Waals surface area contributed by atoms with Crippen molar-refractivity contribution in [1.29, 1.82) is 0 Å². The summed E-state index contributed by atoms with van der Waals surface area (Å²) in [6, 6.07) is 7.64. The van der Waals surface area contributed by atoms with Crippen molar-refractivity contribution in [3.63, 3.8) is 0 Å². The van der Waals surface area contributed by atoms with E-state index in [0.717, 1.165) is 6.07 Å². The molecule has 2 aromatic carbocycles. The Labute approximate surface area is 177 Å². The first-order valence-corrected chi connectivity index (χ1v) is 10.9. The number of nitrogens with one attached hydrogen (secondary N) is 1. The summed E-state index contributed by atoms with van der Waals surface area (Å²) in [7, 11) is -2.39. The third-order valence-corrected chi connectivity index (χ3v) is 6.00. The van der Waals surface area contributed by atoms with Crippen molar-refractivity contribution in [1.82, 2.24) is 0 Å². The maximum Gasteiger partial charge on any atom is 0.418 e. The second-order valence-electron chi connectivity index (χ2n) is 6.15. The van der Waals surface area contributed by atoms with Gasteiger partial charge in [-0.05, 0) is 26.0 Å². The molecule has 0 saturated carbocycles. The number of anilines is 1. The Kier molecular flexibility index (Phi) is 8.05. The number of nitrogens with zero attached hydrogens (tertiary/aromatic N) is 1. The lowest BCUT2D eigenvalue weighted by Gasteiger charge is -2.21. The zero-order valence-electron chi connectivity index (χ0n) is 17.1. The molecule has 0 bridgehead atoms. The van der Waals surface area contributed by atoms with Crippen LogP contribution in [0.25, 0.3) is 11.1 Å². The van der Waals surface area contributed by atoms with Crippen LogP contribution in [0.15, 0.2) is 36.4 Å². The number of para-hydroxylation sites is 1. The molecule has 0 spiro atoms. The second kappa shape index (κ2) is 10.1. The van der Waals surface area contributed by atoms with E-state index in [4.69, 9.17) is 13.8 Å². The summed E-state index contributed by atoms with van der Waals surface area (Å²) in [5.74, 6) is 0.241. The van der Waals surface area contributed by atoms with Crippen LogP contribution in [0.3, 0.4) is 0 Å². The summed E-state index contributed by atoms with van der Waals surface area (Å²) in [6.45, 7) is 3.19. The number of benzene rings is 2. The highest BCUT2D eigenvalue weighted by molar-refractivity contribution is 7.53. The molecule has 0 fully saturated rings. The minimum atomic E-state index is -4.91. The van der Waals surface area contributed by atoms with Crippen LogP contribution >= 0.6 is 7.60 Å². The van der Waals surface area contributed by atoms with Gasteiger partial charge in [0.25, 0.3) is 5.69 Å². The summed E-state index contributed by atoms with van der Waals surface area (Å²) < 4.78 is 69.1. The van der Waals surface area contributed by atoms with Crippen LogP contribution in [0, 0.1) is 10.1 Å². The number of hydrogen-bond acceptors (Lipinski definition) is 7. The predicted molar refractivity (Wildman–Crippen MR) is 109 cm³/mol. The number of alkyl halides is 3. The SMILES string of the molecule is CCOP(=O)(CNc1cc(-c2ccccc2OC)c([N+](=O)[O-])cc1C(F)(F)F)OCC. The average molecular weight is 462 g/mol. The Hall–Kier alpha value is -2.62. The van der Waals surface area contributed by atoms with E-state index in [0.29, 0.717) is 6.07 Å².